The van der Waals surface area contributed by atoms with Gasteiger partial charge in [-0.05, 0) is 18.2 Å². The van der Waals surface area contributed by atoms with Crippen LogP contribution in [0.1, 0.15) is 11.7 Å². The zero-order valence-electron chi connectivity index (χ0n) is 14.4. The first-order valence-corrected chi connectivity index (χ1v) is 8.75. The molecule has 0 radical (unpaired) electrons. The number of hydrogen-bond acceptors (Lipinski definition) is 4. The summed E-state index contributed by atoms with van der Waals surface area (Å²) in [6.07, 6.45) is -1.43. The number of benzene rings is 2. The quantitative estimate of drug-likeness (QED) is 0.679. The third kappa shape index (κ3) is 5.56. The predicted octanol–water partition coefficient (Wildman–Crippen LogP) is 2.72. The first-order chi connectivity index (χ1) is 12.5. The van der Waals surface area contributed by atoms with E-state index in [1.165, 1.54) is 12.1 Å². The molecule has 8 heteroatoms. The first kappa shape index (κ1) is 21.4. The summed E-state index contributed by atoms with van der Waals surface area (Å²) in [5.74, 6) is -0.661. The molecule has 2 aromatic rings. The van der Waals surface area contributed by atoms with Gasteiger partial charge >= 0.3 is 0 Å². The number of ether oxygens (including phenoxy) is 1. The number of rotatable bonds is 6. The zero-order chi connectivity index (χ0) is 18.5. The van der Waals surface area contributed by atoms with Crippen molar-refractivity contribution in [3.63, 3.8) is 0 Å². The molecule has 1 aliphatic heterocycles. The highest BCUT2D eigenvalue weighted by atomic mass is 35.5. The van der Waals surface area contributed by atoms with E-state index in [4.69, 9.17) is 16.3 Å². The molecule has 1 saturated heterocycles. The van der Waals surface area contributed by atoms with Crippen LogP contribution in [-0.2, 0) is 4.79 Å². The third-order valence-electron chi connectivity index (χ3n) is 4.32. The highest BCUT2D eigenvalue weighted by molar-refractivity contribution is 6.32. The SMILES string of the molecule is Cl.O=C(NCC1CNCC1O)C(Oc1ccc(F)cc1Cl)c1ccccc1. The highest BCUT2D eigenvalue weighted by Crippen LogP contribution is 2.30. The average Bonchev–Trinajstić information content (AvgIpc) is 3.05. The van der Waals surface area contributed by atoms with E-state index >= 15 is 0 Å². The molecular formula is C19H21Cl2FN2O3. The molecule has 0 bridgehead atoms. The van der Waals surface area contributed by atoms with Gasteiger partial charge in [0.15, 0.2) is 0 Å². The monoisotopic (exact) mass is 414 g/mol. The molecule has 5 nitrogen and oxygen atoms in total. The lowest BCUT2D eigenvalue weighted by Crippen LogP contribution is -2.38. The van der Waals surface area contributed by atoms with E-state index in [0.717, 1.165) is 6.07 Å². The van der Waals surface area contributed by atoms with Gasteiger partial charge in [-0.25, -0.2) is 4.39 Å². The smallest absolute Gasteiger partial charge is 0.265 e. The summed E-state index contributed by atoms with van der Waals surface area (Å²) in [6.45, 7) is 1.49. The van der Waals surface area contributed by atoms with Crippen molar-refractivity contribution < 1.29 is 19.0 Å². The molecule has 3 N–H and O–H groups in total. The van der Waals surface area contributed by atoms with Crippen LogP contribution in [0.25, 0.3) is 0 Å². The van der Waals surface area contributed by atoms with E-state index in [1.54, 1.807) is 24.3 Å². The standard InChI is InChI=1S/C19H20ClFN2O3.ClH/c20-15-8-14(21)6-7-17(15)26-18(12-4-2-1-3-5-12)19(25)23-10-13-9-22-11-16(13)24;/h1-8,13,16,18,22,24H,9-11H2,(H,23,25);1H. The Morgan fingerprint density at radius 1 is 1.30 bits per heavy atom. The largest absolute Gasteiger partial charge is 0.474 e. The van der Waals surface area contributed by atoms with Gasteiger partial charge < -0.3 is 20.5 Å². The molecule has 27 heavy (non-hydrogen) atoms. The average molecular weight is 415 g/mol. The summed E-state index contributed by atoms with van der Waals surface area (Å²) in [4.78, 5) is 12.7. The van der Waals surface area contributed by atoms with Gasteiger partial charge in [0.05, 0.1) is 11.1 Å². The van der Waals surface area contributed by atoms with Crippen LogP contribution in [0, 0.1) is 11.7 Å². The molecule has 2 aromatic carbocycles. The summed E-state index contributed by atoms with van der Waals surface area (Å²) >= 11 is 6.03. The van der Waals surface area contributed by atoms with Gasteiger partial charge in [-0.1, -0.05) is 41.9 Å². The summed E-state index contributed by atoms with van der Waals surface area (Å²) in [5, 5.41) is 15.8. The van der Waals surface area contributed by atoms with Crippen LogP contribution in [0.4, 0.5) is 4.39 Å². The van der Waals surface area contributed by atoms with Gasteiger partial charge in [-0.15, -0.1) is 12.4 Å². The molecule has 1 heterocycles. The Bertz CT molecular complexity index is 764. The minimum atomic E-state index is -0.939. The Hall–Kier alpha value is -1.86. The Morgan fingerprint density at radius 3 is 2.67 bits per heavy atom. The predicted molar refractivity (Wildman–Crippen MR) is 104 cm³/mol. The van der Waals surface area contributed by atoms with Gasteiger partial charge in [0.25, 0.3) is 5.91 Å². The molecule has 0 aliphatic carbocycles. The fourth-order valence-electron chi connectivity index (χ4n) is 2.85. The van der Waals surface area contributed by atoms with Crippen LogP contribution >= 0.6 is 24.0 Å². The summed E-state index contributed by atoms with van der Waals surface area (Å²) < 4.78 is 19.0. The first-order valence-electron chi connectivity index (χ1n) is 8.37. The minimum Gasteiger partial charge on any atom is -0.474 e. The molecule has 3 rings (SSSR count). The topological polar surface area (TPSA) is 70.6 Å². The molecule has 146 valence electrons. The lowest BCUT2D eigenvalue weighted by molar-refractivity contribution is -0.128. The Balaban J connectivity index is 0.00000261. The Morgan fingerprint density at radius 2 is 2.04 bits per heavy atom. The second kappa shape index (κ2) is 9.90. The second-order valence-electron chi connectivity index (χ2n) is 6.21. The molecule has 0 saturated carbocycles. The fraction of sp³-hybridized carbons (Fsp3) is 0.316. The summed E-state index contributed by atoms with van der Waals surface area (Å²) in [7, 11) is 0. The molecule has 1 fully saturated rings. The summed E-state index contributed by atoms with van der Waals surface area (Å²) in [6, 6.07) is 12.7. The maximum atomic E-state index is 13.2. The van der Waals surface area contributed by atoms with Crippen molar-refractivity contribution in [3.05, 3.63) is 64.9 Å². The number of aliphatic hydroxyl groups excluding tert-OH is 1. The van der Waals surface area contributed by atoms with Crippen LogP contribution in [0.3, 0.4) is 0 Å². The van der Waals surface area contributed by atoms with Crippen molar-refractivity contribution in [1.82, 2.24) is 10.6 Å². The van der Waals surface area contributed by atoms with Crippen LogP contribution in [-0.4, -0.2) is 36.8 Å². The minimum absolute atomic E-state index is 0. The Labute approximate surface area is 168 Å². The lowest BCUT2D eigenvalue weighted by Gasteiger charge is -2.21. The fourth-order valence-corrected chi connectivity index (χ4v) is 3.06. The molecule has 3 atom stereocenters. The van der Waals surface area contributed by atoms with Crippen LogP contribution in [0.2, 0.25) is 5.02 Å². The van der Waals surface area contributed by atoms with E-state index in [9.17, 15) is 14.3 Å². The van der Waals surface area contributed by atoms with Crippen molar-refractivity contribution in [2.45, 2.75) is 12.2 Å². The number of carbonyl (C=O) groups is 1. The maximum Gasteiger partial charge on any atom is 0.265 e. The second-order valence-corrected chi connectivity index (χ2v) is 6.62. The highest BCUT2D eigenvalue weighted by Gasteiger charge is 2.28. The van der Waals surface area contributed by atoms with Crippen molar-refractivity contribution in [3.8, 4) is 5.75 Å². The van der Waals surface area contributed by atoms with Gasteiger partial charge in [0.1, 0.15) is 11.6 Å². The van der Waals surface area contributed by atoms with Crippen LogP contribution in [0.15, 0.2) is 48.5 Å². The van der Waals surface area contributed by atoms with Gasteiger partial charge in [0.2, 0.25) is 6.10 Å². The molecule has 0 aromatic heterocycles. The molecular weight excluding hydrogens is 394 g/mol. The van der Waals surface area contributed by atoms with Crippen molar-refractivity contribution >= 4 is 29.9 Å². The number of carbonyl (C=O) groups excluding carboxylic acids is 1. The molecule has 1 amide bonds. The molecule has 3 unspecified atom stereocenters. The number of aliphatic hydroxyl groups is 1. The van der Waals surface area contributed by atoms with Crippen molar-refractivity contribution in [2.24, 2.45) is 5.92 Å². The number of halogens is 3. The van der Waals surface area contributed by atoms with Gasteiger partial charge in [0, 0.05) is 31.1 Å². The molecule has 1 aliphatic rings. The van der Waals surface area contributed by atoms with Gasteiger partial charge in [-0.2, -0.15) is 0 Å². The lowest BCUT2D eigenvalue weighted by atomic mass is 10.1. The maximum absolute atomic E-state index is 13.2. The van der Waals surface area contributed by atoms with Crippen LogP contribution in [0.5, 0.6) is 5.75 Å². The van der Waals surface area contributed by atoms with E-state index < -0.39 is 18.0 Å². The summed E-state index contributed by atoms with van der Waals surface area (Å²) in [5.41, 5.74) is 0.649. The van der Waals surface area contributed by atoms with Crippen molar-refractivity contribution in [1.29, 1.82) is 0 Å². The van der Waals surface area contributed by atoms with Crippen molar-refractivity contribution in [2.75, 3.05) is 19.6 Å². The van der Waals surface area contributed by atoms with Gasteiger partial charge in [-0.3, -0.25) is 4.79 Å². The normalized spacial score (nSPS) is 19.8. The number of hydrogen-bond donors (Lipinski definition) is 3. The van der Waals surface area contributed by atoms with Crippen LogP contribution < -0.4 is 15.4 Å². The number of β-amino-alcohol motifs (C(OH)–C–C–N with tert-alkyl or cyclic N) is 1. The number of amides is 1. The zero-order valence-corrected chi connectivity index (χ0v) is 16.0. The van der Waals surface area contributed by atoms with E-state index in [0.29, 0.717) is 25.2 Å². The van der Waals surface area contributed by atoms with E-state index in [-0.39, 0.29) is 35.0 Å². The van der Waals surface area contributed by atoms with E-state index in [1.807, 2.05) is 6.07 Å². The molecule has 0 spiro atoms. The Kier molecular flexibility index (Phi) is 7.86. The number of nitrogens with one attached hydrogen (secondary N) is 2. The third-order valence-corrected chi connectivity index (χ3v) is 4.62. The van der Waals surface area contributed by atoms with E-state index in [2.05, 4.69) is 10.6 Å².